The monoisotopic (exact) mass is 336 g/mol. The van der Waals surface area contributed by atoms with Gasteiger partial charge in [0.25, 0.3) is 5.91 Å². The number of aliphatic hydroxyl groups excluding tert-OH is 2. The Kier molecular flexibility index (Phi) is 5.20. The first kappa shape index (κ1) is 17.9. The second-order valence-electron chi connectivity index (χ2n) is 5.69. The molecule has 0 heterocycles. The number of rotatable bonds is 7. The zero-order chi connectivity index (χ0) is 17.9. The number of Topliss-reactive ketones (excluding diaryl/α,β-unsaturated/α-hetero) is 1. The lowest BCUT2D eigenvalue weighted by Crippen LogP contribution is -2.55. The summed E-state index contributed by atoms with van der Waals surface area (Å²) in [6.45, 7) is 0.673. The molecule has 0 saturated heterocycles. The third-order valence-electron chi connectivity index (χ3n) is 4.00. The molecule has 1 saturated carbocycles. The minimum absolute atomic E-state index is 0.0385. The van der Waals surface area contributed by atoms with E-state index in [0.717, 1.165) is 0 Å². The molecule has 2 amide bonds. The lowest BCUT2D eigenvalue weighted by molar-refractivity contribution is -0.130. The van der Waals surface area contributed by atoms with Crippen molar-refractivity contribution in [2.45, 2.75) is 31.0 Å². The maximum atomic E-state index is 12.3. The van der Waals surface area contributed by atoms with Crippen molar-refractivity contribution in [1.82, 2.24) is 10.6 Å². The Morgan fingerprint density at radius 1 is 1.33 bits per heavy atom. The number of carbonyl (C=O) groups is 3. The highest BCUT2D eigenvalue weighted by atomic mass is 16.5. The van der Waals surface area contributed by atoms with Crippen LogP contribution in [0.2, 0.25) is 0 Å². The van der Waals surface area contributed by atoms with Gasteiger partial charge in [-0.2, -0.15) is 0 Å². The summed E-state index contributed by atoms with van der Waals surface area (Å²) in [5.74, 6) is -1.07. The van der Waals surface area contributed by atoms with Crippen LogP contribution in [0.25, 0.3) is 0 Å². The van der Waals surface area contributed by atoms with Crippen LogP contribution in [0.3, 0.4) is 0 Å². The Labute approximate surface area is 138 Å². The average Bonchev–Trinajstić information content (AvgIpc) is 3.22. The van der Waals surface area contributed by atoms with Gasteiger partial charge in [-0.3, -0.25) is 14.4 Å². The lowest BCUT2D eigenvalue weighted by atomic mass is 10.1. The Morgan fingerprint density at radius 3 is 2.33 bits per heavy atom. The van der Waals surface area contributed by atoms with Gasteiger partial charge >= 0.3 is 0 Å². The average molecular weight is 336 g/mol. The van der Waals surface area contributed by atoms with Crippen LogP contribution in [0.1, 0.15) is 23.7 Å². The summed E-state index contributed by atoms with van der Waals surface area (Å²) in [5, 5.41) is 23.8. The molecule has 2 unspecified atom stereocenters. The Balaban J connectivity index is 2.08. The zero-order valence-electron chi connectivity index (χ0n) is 13.4. The maximum absolute atomic E-state index is 12.3. The molecule has 8 heteroatoms. The van der Waals surface area contributed by atoms with Crippen molar-refractivity contribution < 1.29 is 29.3 Å². The normalized spacial score (nSPS) is 23.1. The second kappa shape index (κ2) is 6.98. The van der Waals surface area contributed by atoms with Crippen molar-refractivity contribution in [3.63, 3.8) is 0 Å². The number of nitrogens with one attached hydrogen (secondary N) is 2. The predicted molar refractivity (Wildman–Crippen MR) is 83.5 cm³/mol. The summed E-state index contributed by atoms with van der Waals surface area (Å²) >= 11 is 0. The molecular formula is C16H20N2O6. The molecule has 130 valence electrons. The van der Waals surface area contributed by atoms with Crippen molar-refractivity contribution >= 4 is 17.6 Å². The molecule has 0 bridgehead atoms. The summed E-state index contributed by atoms with van der Waals surface area (Å²) in [7, 11) is 1.50. The van der Waals surface area contributed by atoms with Crippen LogP contribution in [0.4, 0.5) is 0 Å². The van der Waals surface area contributed by atoms with Gasteiger partial charge in [-0.25, -0.2) is 0 Å². The SMILES string of the molecule is COc1ccc(C(=O)NC2(C(=O)N[C@@H](CO)C(C)=O)CC2O)cc1. The molecule has 1 aliphatic carbocycles. The number of hydrogen-bond donors (Lipinski definition) is 4. The summed E-state index contributed by atoms with van der Waals surface area (Å²) in [6, 6.07) is 5.19. The van der Waals surface area contributed by atoms with Crippen molar-refractivity contribution in [2.75, 3.05) is 13.7 Å². The number of hydrogen-bond acceptors (Lipinski definition) is 6. The Bertz CT molecular complexity index is 644. The largest absolute Gasteiger partial charge is 0.497 e. The molecule has 4 N–H and O–H groups in total. The van der Waals surface area contributed by atoms with E-state index in [9.17, 15) is 19.5 Å². The van der Waals surface area contributed by atoms with Gasteiger partial charge in [0, 0.05) is 12.0 Å². The maximum Gasteiger partial charge on any atom is 0.252 e. The van der Waals surface area contributed by atoms with Crippen molar-refractivity contribution in [3.8, 4) is 5.75 Å². The summed E-state index contributed by atoms with van der Waals surface area (Å²) in [4.78, 5) is 35.9. The second-order valence-corrected chi connectivity index (χ2v) is 5.69. The fourth-order valence-corrected chi connectivity index (χ4v) is 2.26. The smallest absolute Gasteiger partial charge is 0.252 e. The van der Waals surface area contributed by atoms with Gasteiger partial charge in [-0.15, -0.1) is 0 Å². The number of ether oxygens (including phenoxy) is 1. The number of methoxy groups -OCH3 is 1. The first-order valence-corrected chi connectivity index (χ1v) is 7.41. The van der Waals surface area contributed by atoms with Crippen LogP contribution in [-0.2, 0) is 9.59 Å². The van der Waals surface area contributed by atoms with E-state index in [1.54, 1.807) is 12.1 Å². The third-order valence-corrected chi connectivity index (χ3v) is 4.00. The van der Waals surface area contributed by atoms with E-state index in [0.29, 0.717) is 11.3 Å². The highest BCUT2D eigenvalue weighted by Crippen LogP contribution is 2.36. The highest BCUT2D eigenvalue weighted by Gasteiger charge is 2.61. The van der Waals surface area contributed by atoms with Crippen molar-refractivity contribution in [2.24, 2.45) is 0 Å². The molecule has 0 radical (unpaired) electrons. The number of aliphatic hydroxyl groups is 2. The Morgan fingerprint density at radius 2 is 1.92 bits per heavy atom. The molecule has 8 nitrogen and oxygen atoms in total. The third kappa shape index (κ3) is 3.55. The fourth-order valence-electron chi connectivity index (χ4n) is 2.26. The Hall–Kier alpha value is -2.45. The zero-order valence-corrected chi connectivity index (χ0v) is 13.4. The van der Waals surface area contributed by atoms with E-state index in [-0.39, 0.29) is 6.42 Å². The van der Waals surface area contributed by atoms with Crippen LogP contribution in [0.15, 0.2) is 24.3 Å². The van der Waals surface area contributed by atoms with Crippen LogP contribution < -0.4 is 15.4 Å². The molecule has 0 spiro atoms. The molecule has 0 aromatic heterocycles. The molecular weight excluding hydrogens is 316 g/mol. The van der Waals surface area contributed by atoms with Crippen LogP contribution in [0.5, 0.6) is 5.75 Å². The fraction of sp³-hybridized carbons (Fsp3) is 0.438. The topological polar surface area (TPSA) is 125 Å². The molecule has 1 aliphatic rings. The molecule has 1 aromatic carbocycles. The van der Waals surface area contributed by atoms with Gasteiger partial charge in [0.1, 0.15) is 17.3 Å². The predicted octanol–water partition coefficient (Wildman–Crippen LogP) is -1.01. The summed E-state index contributed by atoms with van der Waals surface area (Å²) in [6.07, 6.45) is -1.01. The summed E-state index contributed by atoms with van der Waals surface area (Å²) in [5.41, 5.74) is -1.19. The van der Waals surface area contributed by atoms with Gasteiger partial charge in [0.15, 0.2) is 5.78 Å². The van der Waals surface area contributed by atoms with E-state index >= 15 is 0 Å². The van der Waals surface area contributed by atoms with E-state index in [1.807, 2.05) is 0 Å². The molecule has 24 heavy (non-hydrogen) atoms. The van der Waals surface area contributed by atoms with Gasteiger partial charge in [0.05, 0.1) is 19.8 Å². The quantitative estimate of drug-likeness (QED) is 0.506. The van der Waals surface area contributed by atoms with Crippen molar-refractivity contribution in [1.29, 1.82) is 0 Å². The first-order chi connectivity index (χ1) is 11.3. The summed E-state index contributed by atoms with van der Waals surface area (Å²) < 4.78 is 5.00. The number of carbonyl (C=O) groups excluding carboxylic acids is 3. The first-order valence-electron chi connectivity index (χ1n) is 7.41. The molecule has 0 aliphatic heterocycles. The van der Waals surface area contributed by atoms with Gasteiger partial charge in [-0.1, -0.05) is 0 Å². The highest BCUT2D eigenvalue weighted by molar-refractivity contribution is 6.02. The van der Waals surface area contributed by atoms with Gasteiger partial charge < -0.3 is 25.6 Å². The minimum Gasteiger partial charge on any atom is -0.497 e. The molecule has 3 atom stereocenters. The van der Waals surface area contributed by atoms with E-state index in [1.165, 1.54) is 26.2 Å². The van der Waals surface area contributed by atoms with Crippen molar-refractivity contribution in [3.05, 3.63) is 29.8 Å². The van der Waals surface area contributed by atoms with Gasteiger partial charge in [0.2, 0.25) is 5.91 Å². The standard InChI is InChI=1S/C16H20N2O6/c1-9(20)12(8-19)17-15(23)16(7-13(16)21)18-14(22)10-3-5-11(24-2)6-4-10/h3-6,12-13,19,21H,7-8H2,1-2H3,(H,17,23)(H,18,22)/t12-,13?,16?/m0/s1. The van der Waals surface area contributed by atoms with Crippen LogP contribution in [-0.4, -0.2) is 59.2 Å². The number of amides is 2. The molecule has 2 rings (SSSR count). The molecule has 1 fully saturated rings. The van der Waals surface area contributed by atoms with E-state index < -0.39 is 41.9 Å². The van der Waals surface area contributed by atoms with E-state index in [4.69, 9.17) is 9.84 Å². The number of ketones is 1. The molecule has 1 aromatic rings. The number of benzene rings is 1. The van der Waals surface area contributed by atoms with Crippen LogP contribution >= 0.6 is 0 Å². The van der Waals surface area contributed by atoms with E-state index in [2.05, 4.69) is 10.6 Å². The minimum atomic E-state index is -1.49. The lowest BCUT2D eigenvalue weighted by Gasteiger charge is -2.21. The van der Waals surface area contributed by atoms with Gasteiger partial charge in [-0.05, 0) is 31.2 Å². The van der Waals surface area contributed by atoms with Crippen LogP contribution in [0, 0.1) is 0 Å².